The van der Waals surface area contributed by atoms with Crippen molar-refractivity contribution in [3.05, 3.63) is 0 Å². The first-order valence-corrected chi connectivity index (χ1v) is 6.38. The van der Waals surface area contributed by atoms with Gasteiger partial charge in [0.25, 0.3) is 0 Å². The number of amides is 3. The first-order valence-electron chi connectivity index (χ1n) is 6.38. The third-order valence-electron chi connectivity index (χ3n) is 3.00. The molecule has 0 aliphatic carbocycles. The molecule has 3 amide bonds. The average Bonchev–Trinajstić information content (AvgIpc) is 2.71. The number of carbonyl (C=O) groups excluding carboxylic acids is 3. The molecule has 1 atom stereocenters. The van der Waals surface area contributed by atoms with Gasteiger partial charge < -0.3 is 15.5 Å². The van der Waals surface area contributed by atoms with Gasteiger partial charge in [-0.2, -0.15) is 0 Å². The van der Waals surface area contributed by atoms with Crippen LogP contribution in [-0.2, 0) is 24.0 Å². The van der Waals surface area contributed by atoms with Gasteiger partial charge in [0.2, 0.25) is 17.7 Å². The molecule has 0 aromatic heterocycles. The predicted molar refractivity (Wildman–Crippen MR) is 67.0 cm³/mol. The number of carboxylic acids is 2. The Morgan fingerprint density at radius 3 is 2.14 bits per heavy atom. The molecule has 1 fully saturated rings. The lowest BCUT2D eigenvalue weighted by Crippen LogP contribution is -2.42. The van der Waals surface area contributed by atoms with Crippen LogP contribution < -0.4 is 5.32 Å². The molecule has 0 saturated carbocycles. The molecule has 1 rings (SSSR count). The molecule has 9 heteroatoms. The molecule has 116 valence electrons. The van der Waals surface area contributed by atoms with Crippen LogP contribution in [0.25, 0.3) is 0 Å². The molecule has 1 heterocycles. The zero-order valence-electron chi connectivity index (χ0n) is 11.2. The monoisotopic (exact) mass is 300 g/mol. The summed E-state index contributed by atoms with van der Waals surface area (Å²) in [5, 5.41) is 19.5. The van der Waals surface area contributed by atoms with Crippen LogP contribution in [-0.4, -0.2) is 57.4 Å². The zero-order valence-corrected chi connectivity index (χ0v) is 11.2. The molecule has 21 heavy (non-hydrogen) atoms. The Morgan fingerprint density at radius 1 is 1.10 bits per heavy atom. The number of hydrogen-bond donors (Lipinski definition) is 3. The van der Waals surface area contributed by atoms with E-state index in [1.165, 1.54) is 0 Å². The van der Waals surface area contributed by atoms with Crippen LogP contribution in [0, 0.1) is 0 Å². The fourth-order valence-electron chi connectivity index (χ4n) is 1.88. The van der Waals surface area contributed by atoms with Crippen LogP contribution in [0.3, 0.4) is 0 Å². The molecule has 0 aromatic carbocycles. The van der Waals surface area contributed by atoms with Gasteiger partial charge in [0.1, 0.15) is 6.04 Å². The van der Waals surface area contributed by atoms with Crippen molar-refractivity contribution in [2.24, 2.45) is 0 Å². The normalized spacial score (nSPS) is 15.9. The van der Waals surface area contributed by atoms with Crippen LogP contribution in [0.4, 0.5) is 0 Å². The summed E-state index contributed by atoms with van der Waals surface area (Å²) in [5.74, 6) is -3.86. The largest absolute Gasteiger partial charge is 0.481 e. The third kappa shape index (κ3) is 5.21. The molecule has 0 bridgehead atoms. The predicted octanol–water partition coefficient (Wildman–Crippen LogP) is -1.04. The standard InChI is InChI=1S/C12H16N2O7/c15-8(5-6-14-9(16)2-3-10(14)17)13-7(12(20)21)1-4-11(18)19/h7H,1-6H2,(H,13,15)(H,18,19)(H,20,21). The maximum absolute atomic E-state index is 11.6. The average molecular weight is 300 g/mol. The summed E-state index contributed by atoms with van der Waals surface area (Å²) < 4.78 is 0. The maximum Gasteiger partial charge on any atom is 0.326 e. The molecule has 1 saturated heterocycles. The van der Waals surface area contributed by atoms with Crippen LogP contribution >= 0.6 is 0 Å². The lowest BCUT2D eigenvalue weighted by molar-refractivity contribution is -0.144. The Balaban J connectivity index is 2.43. The molecule has 9 nitrogen and oxygen atoms in total. The summed E-state index contributed by atoms with van der Waals surface area (Å²) in [7, 11) is 0. The van der Waals surface area contributed by atoms with Crippen molar-refractivity contribution in [2.75, 3.05) is 6.54 Å². The van der Waals surface area contributed by atoms with Gasteiger partial charge in [-0.25, -0.2) is 4.79 Å². The number of carboxylic acid groups (broad SMARTS) is 2. The first kappa shape index (κ1) is 16.6. The summed E-state index contributed by atoms with van der Waals surface area (Å²) in [4.78, 5) is 56.5. The minimum absolute atomic E-state index is 0.102. The molecular weight excluding hydrogens is 284 g/mol. The quantitative estimate of drug-likeness (QED) is 0.486. The van der Waals surface area contributed by atoms with E-state index in [1.54, 1.807) is 0 Å². The van der Waals surface area contributed by atoms with E-state index in [1.807, 2.05) is 0 Å². The van der Waals surface area contributed by atoms with E-state index >= 15 is 0 Å². The number of nitrogens with zero attached hydrogens (tertiary/aromatic N) is 1. The van der Waals surface area contributed by atoms with Gasteiger partial charge in [-0.3, -0.25) is 24.1 Å². The summed E-state index contributed by atoms with van der Waals surface area (Å²) in [5.41, 5.74) is 0. The molecule has 0 spiro atoms. The fraction of sp³-hybridized carbons (Fsp3) is 0.583. The number of rotatable bonds is 8. The van der Waals surface area contributed by atoms with Gasteiger partial charge in [-0.15, -0.1) is 0 Å². The highest BCUT2D eigenvalue weighted by atomic mass is 16.4. The van der Waals surface area contributed by atoms with Gasteiger partial charge in [0, 0.05) is 32.2 Å². The van der Waals surface area contributed by atoms with E-state index in [4.69, 9.17) is 10.2 Å². The number of nitrogens with one attached hydrogen (secondary N) is 1. The highest BCUT2D eigenvalue weighted by Gasteiger charge is 2.29. The van der Waals surface area contributed by atoms with Gasteiger partial charge in [0.15, 0.2) is 0 Å². The minimum Gasteiger partial charge on any atom is -0.481 e. The molecule has 3 N–H and O–H groups in total. The number of likely N-dealkylation sites (tertiary alicyclic amines) is 1. The summed E-state index contributed by atoms with van der Waals surface area (Å²) in [6.45, 7) is -0.102. The SMILES string of the molecule is O=C(O)CCC(NC(=O)CCN1C(=O)CCC1=O)C(=O)O. The van der Waals surface area contributed by atoms with E-state index in [2.05, 4.69) is 5.32 Å². The van der Waals surface area contributed by atoms with E-state index in [9.17, 15) is 24.0 Å². The van der Waals surface area contributed by atoms with Crippen LogP contribution in [0.1, 0.15) is 32.1 Å². The van der Waals surface area contributed by atoms with Crippen molar-refractivity contribution in [3.8, 4) is 0 Å². The van der Waals surface area contributed by atoms with Gasteiger partial charge in [-0.1, -0.05) is 0 Å². The lowest BCUT2D eigenvalue weighted by atomic mass is 10.1. The molecule has 0 radical (unpaired) electrons. The molecular formula is C12H16N2O7. The van der Waals surface area contributed by atoms with Crippen LogP contribution in [0.5, 0.6) is 0 Å². The first-order chi connectivity index (χ1) is 9.81. The van der Waals surface area contributed by atoms with Crippen molar-refractivity contribution in [3.63, 3.8) is 0 Å². The Morgan fingerprint density at radius 2 is 1.67 bits per heavy atom. The summed E-state index contributed by atoms with van der Waals surface area (Å²) >= 11 is 0. The Labute approximate surface area is 119 Å². The number of carbonyl (C=O) groups is 5. The topological polar surface area (TPSA) is 141 Å². The molecule has 1 aliphatic heterocycles. The maximum atomic E-state index is 11.6. The summed E-state index contributed by atoms with van der Waals surface area (Å²) in [6, 6.07) is -1.31. The Hall–Kier alpha value is -2.45. The van der Waals surface area contributed by atoms with Crippen LogP contribution in [0.15, 0.2) is 0 Å². The van der Waals surface area contributed by atoms with Crippen molar-refractivity contribution in [1.29, 1.82) is 0 Å². The highest BCUT2D eigenvalue weighted by Crippen LogP contribution is 2.11. The number of hydrogen-bond acceptors (Lipinski definition) is 5. The molecule has 0 aromatic rings. The van der Waals surface area contributed by atoms with Gasteiger partial charge in [-0.05, 0) is 6.42 Å². The van der Waals surface area contributed by atoms with Crippen molar-refractivity contribution < 1.29 is 34.2 Å². The minimum atomic E-state index is -1.34. The van der Waals surface area contributed by atoms with E-state index in [0.717, 1.165) is 4.90 Å². The van der Waals surface area contributed by atoms with E-state index in [0.29, 0.717) is 0 Å². The second-order valence-corrected chi connectivity index (χ2v) is 4.58. The Kier molecular flexibility index (Phi) is 5.82. The fourth-order valence-corrected chi connectivity index (χ4v) is 1.88. The molecule has 1 aliphatic rings. The smallest absolute Gasteiger partial charge is 0.326 e. The Bertz CT molecular complexity index is 458. The van der Waals surface area contributed by atoms with Crippen molar-refractivity contribution in [2.45, 2.75) is 38.1 Å². The highest BCUT2D eigenvalue weighted by molar-refractivity contribution is 6.02. The van der Waals surface area contributed by atoms with Gasteiger partial charge >= 0.3 is 11.9 Å². The van der Waals surface area contributed by atoms with E-state index < -0.39 is 23.9 Å². The lowest BCUT2D eigenvalue weighted by Gasteiger charge is -2.16. The third-order valence-corrected chi connectivity index (χ3v) is 3.00. The zero-order chi connectivity index (χ0) is 16.0. The van der Waals surface area contributed by atoms with Crippen molar-refractivity contribution >= 4 is 29.7 Å². The van der Waals surface area contributed by atoms with Crippen LogP contribution in [0.2, 0.25) is 0 Å². The second kappa shape index (κ2) is 7.36. The number of aliphatic carboxylic acids is 2. The van der Waals surface area contributed by atoms with E-state index in [-0.39, 0.29) is 50.5 Å². The van der Waals surface area contributed by atoms with Crippen molar-refractivity contribution in [1.82, 2.24) is 10.2 Å². The van der Waals surface area contributed by atoms with Gasteiger partial charge in [0.05, 0.1) is 0 Å². The molecule has 1 unspecified atom stereocenters. The second-order valence-electron chi connectivity index (χ2n) is 4.58. The summed E-state index contributed by atoms with van der Waals surface area (Å²) in [6.07, 6.45) is -0.597. The number of imide groups is 1.